The van der Waals surface area contributed by atoms with Crippen LogP contribution in [0.3, 0.4) is 0 Å². The molecule has 0 bridgehead atoms. The van der Waals surface area contributed by atoms with Crippen molar-refractivity contribution in [2.75, 3.05) is 12.4 Å². The normalized spacial score (nSPS) is 27.3. The zero-order valence-electron chi connectivity index (χ0n) is 7.42. The van der Waals surface area contributed by atoms with Gasteiger partial charge in [0.25, 0.3) is 0 Å². The van der Waals surface area contributed by atoms with Crippen LogP contribution in [0.15, 0.2) is 11.8 Å². The highest BCUT2D eigenvalue weighted by atomic mass is 32.2. The largest absolute Gasteiger partial charge is 0.501 e. The van der Waals surface area contributed by atoms with Crippen molar-refractivity contribution in [2.24, 2.45) is 0 Å². The maximum Gasteiger partial charge on any atom is 0.0884 e. The summed E-state index contributed by atoms with van der Waals surface area (Å²) in [6.45, 7) is 0.932. The van der Waals surface area contributed by atoms with Gasteiger partial charge in [-0.15, -0.1) is 0 Å². The zero-order valence-corrected chi connectivity index (χ0v) is 8.24. The highest BCUT2D eigenvalue weighted by Gasteiger charge is 2.21. The van der Waals surface area contributed by atoms with Gasteiger partial charge in [-0.2, -0.15) is 11.8 Å². The first-order valence-corrected chi connectivity index (χ1v) is 5.91. The Hall–Kier alpha value is -0.110. The number of allylic oxidation sites excluding steroid dienone is 1. The average molecular weight is 184 g/mol. The monoisotopic (exact) mass is 184 g/mol. The maximum absolute atomic E-state index is 5.49. The van der Waals surface area contributed by atoms with Gasteiger partial charge in [0.1, 0.15) is 0 Å². The van der Waals surface area contributed by atoms with Gasteiger partial charge in [-0.25, -0.2) is 0 Å². The average Bonchev–Trinajstić information content (AvgIpc) is 2.76. The number of rotatable bonds is 4. The molecule has 2 heteroatoms. The van der Waals surface area contributed by atoms with E-state index in [1.807, 2.05) is 6.26 Å². The lowest BCUT2D eigenvalue weighted by atomic mass is 10.3. The molecule has 1 aliphatic heterocycles. The smallest absolute Gasteiger partial charge is 0.0884 e. The van der Waals surface area contributed by atoms with Gasteiger partial charge in [-0.3, -0.25) is 0 Å². The van der Waals surface area contributed by atoms with Crippen LogP contribution < -0.4 is 0 Å². The molecular formula is C10H16OS. The summed E-state index contributed by atoms with van der Waals surface area (Å²) < 4.78 is 5.49. The summed E-state index contributed by atoms with van der Waals surface area (Å²) in [5.74, 6) is 1.36. The third-order valence-corrected chi connectivity index (χ3v) is 3.50. The lowest BCUT2D eigenvalue weighted by Gasteiger charge is -2.00. The molecule has 2 aliphatic rings. The van der Waals surface area contributed by atoms with Crippen molar-refractivity contribution in [3.05, 3.63) is 11.8 Å². The predicted molar refractivity (Wildman–Crippen MR) is 53.4 cm³/mol. The second-order valence-corrected chi connectivity index (χ2v) is 4.93. The molecule has 1 saturated heterocycles. The molecular weight excluding hydrogens is 168 g/mol. The van der Waals surface area contributed by atoms with E-state index >= 15 is 0 Å². The minimum absolute atomic E-state index is 0.923. The van der Waals surface area contributed by atoms with E-state index in [1.165, 1.54) is 43.4 Å². The Bertz CT molecular complexity index is 165. The maximum atomic E-state index is 5.49. The minimum Gasteiger partial charge on any atom is -0.501 e. The fourth-order valence-corrected chi connectivity index (χ4v) is 2.12. The molecule has 12 heavy (non-hydrogen) atoms. The first-order chi connectivity index (χ1) is 5.95. The first kappa shape index (κ1) is 8.49. The molecule has 0 amide bonds. The van der Waals surface area contributed by atoms with Crippen molar-refractivity contribution in [2.45, 2.75) is 37.4 Å². The summed E-state index contributed by atoms with van der Waals surface area (Å²) >= 11 is 2.05. The molecule has 1 unspecified atom stereocenters. The van der Waals surface area contributed by atoms with Crippen molar-refractivity contribution in [3.8, 4) is 0 Å². The molecule has 2 fully saturated rings. The summed E-state index contributed by atoms with van der Waals surface area (Å²) in [6.07, 6.45) is 8.55. The lowest BCUT2D eigenvalue weighted by Crippen LogP contribution is -1.92. The van der Waals surface area contributed by atoms with Gasteiger partial charge in [0.05, 0.1) is 12.9 Å². The molecule has 1 heterocycles. The van der Waals surface area contributed by atoms with Gasteiger partial charge in [0.15, 0.2) is 0 Å². The van der Waals surface area contributed by atoms with Crippen LogP contribution in [0.5, 0.6) is 0 Å². The first-order valence-electron chi connectivity index (χ1n) is 4.86. The minimum atomic E-state index is 0.923. The topological polar surface area (TPSA) is 9.23 Å². The Morgan fingerprint density at radius 2 is 2.17 bits per heavy atom. The van der Waals surface area contributed by atoms with Crippen molar-refractivity contribution in [1.82, 2.24) is 0 Å². The number of hydrogen-bond donors (Lipinski definition) is 0. The molecule has 0 aromatic heterocycles. The third kappa shape index (κ3) is 2.74. The van der Waals surface area contributed by atoms with Gasteiger partial charge in [0.2, 0.25) is 0 Å². The van der Waals surface area contributed by atoms with E-state index in [1.54, 1.807) is 0 Å². The van der Waals surface area contributed by atoms with Gasteiger partial charge in [-0.05, 0) is 37.7 Å². The molecule has 0 spiro atoms. The Morgan fingerprint density at radius 1 is 1.42 bits per heavy atom. The molecule has 1 atom stereocenters. The van der Waals surface area contributed by atoms with E-state index in [0.717, 1.165) is 11.9 Å². The van der Waals surface area contributed by atoms with Crippen molar-refractivity contribution in [3.63, 3.8) is 0 Å². The fourth-order valence-electron chi connectivity index (χ4n) is 1.56. The fraction of sp³-hybridized carbons (Fsp3) is 0.800. The second kappa shape index (κ2) is 4.22. The molecule has 2 rings (SSSR count). The van der Waals surface area contributed by atoms with Crippen LogP contribution >= 0.6 is 11.8 Å². The van der Waals surface area contributed by atoms with E-state index in [0.29, 0.717) is 0 Å². The lowest BCUT2D eigenvalue weighted by molar-refractivity contribution is 0.243. The summed E-state index contributed by atoms with van der Waals surface area (Å²) in [5, 5.41) is 0.923. The summed E-state index contributed by atoms with van der Waals surface area (Å²) in [6, 6.07) is 0. The van der Waals surface area contributed by atoms with E-state index in [4.69, 9.17) is 4.74 Å². The van der Waals surface area contributed by atoms with Crippen LogP contribution in [0.4, 0.5) is 0 Å². The molecule has 1 nitrogen and oxygen atoms in total. The summed E-state index contributed by atoms with van der Waals surface area (Å²) in [5.41, 5.74) is 1.53. The molecule has 0 aromatic carbocycles. The van der Waals surface area contributed by atoms with E-state index in [-0.39, 0.29) is 0 Å². The van der Waals surface area contributed by atoms with E-state index in [2.05, 4.69) is 11.8 Å². The number of hydrogen-bond acceptors (Lipinski definition) is 2. The summed E-state index contributed by atoms with van der Waals surface area (Å²) in [4.78, 5) is 0. The van der Waals surface area contributed by atoms with Crippen LogP contribution in [0.1, 0.15) is 32.1 Å². The quantitative estimate of drug-likeness (QED) is 0.377. The third-order valence-electron chi connectivity index (χ3n) is 2.46. The van der Waals surface area contributed by atoms with Crippen LogP contribution in [0.2, 0.25) is 0 Å². The summed E-state index contributed by atoms with van der Waals surface area (Å²) in [7, 11) is 0. The van der Waals surface area contributed by atoms with Crippen LogP contribution in [-0.2, 0) is 4.74 Å². The van der Waals surface area contributed by atoms with Crippen molar-refractivity contribution >= 4 is 11.8 Å². The highest BCUT2D eigenvalue weighted by molar-refractivity contribution is 8.06. The molecule has 0 aromatic rings. The molecule has 1 saturated carbocycles. The Kier molecular flexibility index (Phi) is 2.98. The van der Waals surface area contributed by atoms with E-state index < -0.39 is 0 Å². The van der Waals surface area contributed by atoms with Crippen LogP contribution in [-0.4, -0.2) is 17.6 Å². The van der Waals surface area contributed by atoms with E-state index in [9.17, 15) is 0 Å². The molecule has 1 aliphatic carbocycles. The van der Waals surface area contributed by atoms with Gasteiger partial charge >= 0.3 is 0 Å². The van der Waals surface area contributed by atoms with Crippen LogP contribution in [0, 0.1) is 0 Å². The molecule has 68 valence electrons. The predicted octanol–water partition coefficient (Wildman–Crippen LogP) is 2.97. The number of ether oxygens (including phenoxy) is 1. The zero-order chi connectivity index (χ0) is 8.23. The molecule has 0 radical (unpaired) electrons. The van der Waals surface area contributed by atoms with Gasteiger partial charge in [0, 0.05) is 11.0 Å². The highest BCUT2D eigenvalue weighted by Crippen LogP contribution is 2.32. The SMILES string of the molecule is C(OCCC1CS1)=C1CCCC1. The Labute approximate surface area is 78.6 Å². The Morgan fingerprint density at radius 3 is 2.83 bits per heavy atom. The van der Waals surface area contributed by atoms with Crippen LogP contribution in [0.25, 0.3) is 0 Å². The number of thioether (sulfide) groups is 1. The van der Waals surface area contributed by atoms with Gasteiger partial charge in [-0.1, -0.05) is 0 Å². The second-order valence-electron chi connectivity index (χ2n) is 3.60. The standard InChI is InChI=1S/C10H16OS/c1-2-4-9(3-1)7-11-6-5-10-8-12-10/h7,10H,1-6,8H2. The van der Waals surface area contributed by atoms with Crippen molar-refractivity contribution in [1.29, 1.82) is 0 Å². The Balaban J connectivity index is 1.56. The van der Waals surface area contributed by atoms with Crippen molar-refractivity contribution < 1.29 is 4.74 Å². The molecule has 0 N–H and O–H groups in total. The van der Waals surface area contributed by atoms with Gasteiger partial charge < -0.3 is 4.74 Å².